The van der Waals surface area contributed by atoms with Crippen molar-refractivity contribution in [3.8, 4) is 5.69 Å². The van der Waals surface area contributed by atoms with E-state index in [9.17, 15) is 13.2 Å². The Morgan fingerprint density at radius 2 is 1.65 bits per heavy atom. The third-order valence-corrected chi connectivity index (χ3v) is 5.04. The van der Waals surface area contributed by atoms with E-state index in [1.54, 1.807) is 12.1 Å². The van der Waals surface area contributed by atoms with Crippen molar-refractivity contribution in [2.75, 3.05) is 11.0 Å². The average molecular weight is 370 g/mol. The maximum atomic E-state index is 12.3. The van der Waals surface area contributed by atoms with Crippen LogP contribution in [0.25, 0.3) is 16.6 Å². The number of sulfonamides is 1. The van der Waals surface area contributed by atoms with Gasteiger partial charge in [-0.25, -0.2) is 8.42 Å². The number of Topliss-reactive ketones (excluding diaryl/α,β-unsaturated/α-hetero) is 1. The fourth-order valence-electron chi connectivity index (χ4n) is 3.48. The van der Waals surface area contributed by atoms with Gasteiger partial charge in [-0.2, -0.15) is 0 Å². The highest BCUT2D eigenvalue weighted by Crippen LogP contribution is 2.34. The summed E-state index contributed by atoms with van der Waals surface area (Å²) in [6, 6.07) is 11.6. The smallest absolute Gasteiger partial charge is 0.229 e. The van der Waals surface area contributed by atoms with Crippen molar-refractivity contribution in [3.05, 3.63) is 58.8 Å². The first kappa shape index (κ1) is 18.2. The van der Waals surface area contributed by atoms with Gasteiger partial charge in [-0.1, -0.05) is 17.7 Å². The summed E-state index contributed by atoms with van der Waals surface area (Å²) in [5, 5.41) is 0.752. The van der Waals surface area contributed by atoms with Gasteiger partial charge in [0.1, 0.15) is 0 Å². The Bertz CT molecular complexity index is 1120. The summed E-state index contributed by atoms with van der Waals surface area (Å²) in [7, 11) is -3.40. The Kier molecular flexibility index (Phi) is 4.40. The molecule has 2 aromatic carbocycles. The van der Waals surface area contributed by atoms with Gasteiger partial charge in [-0.05, 0) is 57.5 Å². The molecule has 0 saturated carbocycles. The fraction of sp³-hybridized carbons (Fsp3) is 0.250. The van der Waals surface area contributed by atoms with Crippen molar-refractivity contribution in [1.82, 2.24) is 4.57 Å². The Morgan fingerprint density at radius 3 is 2.19 bits per heavy atom. The van der Waals surface area contributed by atoms with E-state index in [0.29, 0.717) is 11.3 Å². The van der Waals surface area contributed by atoms with Gasteiger partial charge in [0.05, 0.1) is 11.8 Å². The third kappa shape index (κ3) is 3.24. The standard InChI is InChI=1S/C20H22N2O3S/c1-12-6-8-17(9-7-12)22-14(3)19(15(4)23)18-11-16(21-26(5,24)25)10-13(2)20(18)22/h6-11,21H,1-5H3. The molecule has 0 aliphatic carbocycles. The second kappa shape index (κ2) is 6.29. The molecule has 0 amide bonds. The maximum absolute atomic E-state index is 12.3. The van der Waals surface area contributed by atoms with Crippen LogP contribution in [-0.2, 0) is 10.0 Å². The number of anilines is 1. The molecule has 1 N–H and O–H groups in total. The number of carbonyl (C=O) groups is 1. The maximum Gasteiger partial charge on any atom is 0.229 e. The fourth-order valence-corrected chi connectivity index (χ4v) is 4.02. The number of fused-ring (bicyclic) bond motifs is 1. The van der Waals surface area contributed by atoms with Crippen LogP contribution in [0.5, 0.6) is 0 Å². The van der Waals surface area contributed by atoms with E-state index in [-0.39, 0.29) is 5.78 Å². The molecule has 1 heterocycles. The molecule has 0 atom stereocenters. The molecule has 0 unspecified atom stereocenters. The number of ketones is 1. The first-order valence-corrected chi connectivity index (χ1v) is 10.2. The van der Waals surface area contributed by atoms with E-state index in [4.69, 9.17) is 0 Å². The number of benzene rings is 2. The normalized spacial score (nSPS) is 11.7. The molecule has 0 fully saturated rings. The first-order valence-electron chi connectivity index (χ1n) is 8.30. The molecule has 0 spiro atoms. The molecule has 0 radical (unpaired) electrons. The highest BCUT2D eigenvalue weighted by atomic mass is 32.2. The summed E-state index contributed by atoms with van der Waals surface area (Å²) in [6.07, 6.45) is 1.11. The minimum absolute atomic E-state index is 0.0470. The molecule has 1 aromatic heterocycles. The Labute approximate surface area is 153 Å². The number of hydrogen-bond donors (Lipinski definition) is 1. The number of nitrogens with zero attached hydrogens (tertiary/aromatic N) is 1. The lowest BCUT2D eigenvalue weighted by Crippen LogP contribution is -2.09. The Balaban J connectivity index is 2.38. The third-order valence-electron chi connectivity index (χ3n) is 4.44. The molecule has 6 heteroatoms. The predicted molar refractivity (Wildman–Crippen MR) is 106 cm³/mol. The van der Waals surface area contributed by atoms with Gasteiger partial charge in [-0.15, -0.1) is 0 Å². The minimum Gasteiger partial charge on any atom is -0.313 e. The number of nitrogens with one attached hydrogen (secondary N) is 1. The molecule has 0 aliphatic heterocycles. The van der Waals surface area contributed by atoms with Crippen molar-refractivity contribution >= 4 is 32.4 Å². The zero-order valence-corrected chi connectivity index (χ0v) is 16.4. The van der Waals surface area contributed by atoms with Gasteiger partial charge in [0.15, 0.2) is 5.78 Å². The van der Waals surface area contributed by atoms with Crippen LogP contribution in [0.15, 0.2) is 36.4 Å². The summed E-state index contributed by atoms with van der Waals surface area (Å²) in [4.78, 5) is 12.3. The molecule has 5 nitrogen and oxygen atoms in total. The van der Waals surface area contributed by atoms with Crippen molar-refractivity contribution in [2.24, 2.45) is 0 Å². The number of carbonyl (C=O) groups excluding carboxylic acids is 1. The highest BCUT2D eigenvalue weighted by Gasteiger charge is 2.21. The number of hydrogen-bond acceptors (Lipinski definition) is 3. The molecule has 0 saturated heterocycles. The molecule has 3 aromatic rings. The van der Waals surface area contributed by atoms with Gasteiger partial charge in [0.2, 0.25) is 10.0 Å². The van der Waals surface area contributed by atoms with E-state index in [1.807, 2.05) is 45.0 Å². The molecular weight excluding hydrogens is 348 g/mol. The van der Waals surface area contributed by atoms with E-state index in [2.05, 4.69) is 9.29 Å². The molecule has 0 aliphatic rings. The SMILES string of the molecule is CC(=O)c1c(C)n(-c2ccc(C)cc2)c2c(C)cc(NS(C)(=O)=O)cc12. The van der Waals surface area contributed by atoms with E-state index in [0.717, 1.165) is 39.7 Å². The lowest BCUT2D eigenvalue weighted by Gasteiger charge is -2.12. The zero-order chi connectivity index (χ0) is 19.2. The van der Waals surface area contributed by atoms with E-state index >= 15 is 0 Å². The molecular formula is C20H22N2O3S. The van der Waals surface area contributed by atoms with Crippen LogP contribution >= 0.6 is 0 Å². The van der Waals surface area contributed by atoms with Crippen LogP contribution < -0.4 is 4.72 Å². The Morgan fingerprint density at radius 1 is 1.04 bits per heavy atom. The average Bonchev–Trinajstić information content (AvgIpc) is 2.79. The van der Waals surface area contributed by atoms with Gasteiger partial charge < -0.3 is 4.57 Å². The quantitative estimate of drug-likeness (QED) is 0.702. The van der Waals surface area contributed by atoms with Crippen LogP contribution in [0, 0.1) is 20.8 Å². The zero-order valence-electron chi connectivity index (χ0n) is 15.5. The number of aromatic nitrogens is 1. The summed E-state index contributed by atoms with van der Waals surface area (Å²) >= 11 is 0. The van der Waals surface area contributed by atoms with E-state index in [1.165, 1.54) is 6.92 Å². The second-order valence-electron chi connectivity index (χ2n) is 6.75. The van der Waals surface area contributed by atoms with E-state index < -0.39 is 10.0 Å². The molecule has 26 heavy (non-hydrogen) atoms. The molecule has 136 valence electrons. The van der Waals surface area contributed by atoms with Crippen LogP contribution in [0.1, 0.15) is 34.1 Å². The minimum atomic E-state index is -3.40. The van der Waals surface area contributed by atoms with Crippen LogP contribution in [0.2, 0.25) is 0 Å². The molecule has 3 rings (SSSR count). The van der Waals surface area contributed by atoms with Crippen molar-refractivity contribution in [3.63, 3.8) is 0 Å². The van der Waals surface area contributed by atoms with Crippen LogP contribution in [0.4, 0.5) is 5.69 Å². The van der Waals surface area contributed by atoms with Gasteiger partial charge in [0, 0.05) is 28.0 Å². The van der Waals surface area contributed by atoms with Gasteiger partial charge in [-0.3, -0.25) is 9.52 Å². The number of rotatable bonds is 4. The van der Waals surface area contributed by atoms with Crippen molar-refractivity contribution < 1.29 is 13.2 Å². The van der Waals surface area contributed by atoms with Crippen molar-refractivity contribution in [1.29, 1.82) is 0 Å². The first-order chi connectivity index (χ1) is 12.1. The van der Waals surface area contributed by atoms with Gasteiger partial charge in [0.25, 0.3) is 0 Å². The second-order valence-corrected chi connectivity index (χ2v) is 8.50. The summed E-state index contributed by atoms with van der Waals surface area (Å²) < 4.78 is 27.8. The lowest BCUT2D eigenvalue weighted by molar-refractivity contribution is 0.101. The van der Waals surface area contributed by atoms with Crippen LogP contribution in [0.3, 0.4) is 0 Å². The highest BCUT2D eigenvalue weighted by molar-refractivity contribution is 7.92. The lowest BCUT2D eigenvalue weighted by atomic mass is 10.0. The molecule has 0 bridgehead atoms. The van der Waals surface area contributed by atoms with Gasteiger partial charge >= 0.3 is 0 Å². The largest absolute Gasteiger partial charge is 0.313 e. The summed E-state index contributed by atoms with van der Waals surface area (Å²) in [6.45, 7) is 7.40. The monoisotopic (exact) mass is 370 g/mol. The number of aryl methyl sites for hydroxylation is 2. The summed E-state index contributed by atoms with van der Waals surface area (Å²) in [5.41, 5.74) is 5.85. The predicted octanol–water partition coefficient (Wildman–Crippen LogP) is 4.13. The Hall–Kier alpha value is -2.60. The summed E-state index contributed by atoms with van der Waals surface area (Å²) in [5.74, 6) is -0.0470. The topological polar surface area (TPSA) is 68.2 Å². The van der Waals surface area contributed by atoms with Crippen molar-refractivity contribution in [2.45, 2.75) is 27.7 Å². The van der Waals surface area contributed by atoms with Crippen LogP contribution in [-0.4, -0.2) is 25.0 Å².